The summed E-state index contributed by atoms with van der Waals surface area (Å²) in [5.74, 6) is 0.141. The van der Waals surface area contributed by atoms with Gasteiger partial charge in [0.05, 0.1) is 12.1 Å². The molecule has 1 aliphatic rings. The fourth-order valence-electron chi connectivity index (χ4n) is 2.81. The van der Waals surface area contributed by atoms with Gasteiger partial charge in [-0.05, 0) is 19.3 Å². The molecule has 0 radical (unpaired) electrons. The zero-order valence-electron chi connectivity index (χ0n) is 12.4. The number of rotatable bonds is 4. The highest BCUT2D eigenvalue weighted by Crippen LogP contribution is 2.22. The number of nitrogens with one attached hydrogen (secondary N) is 2. The first kappa shape index (κ1) is 15.6. The molecule has 118 valence electrons. The summed E-state index contributed by atoms with van der Waals surface area (Å²) in [4.78, 5) is 26.0. The summed E-state index contributed by atoms with van der Waals surface area (Å²) in [6, 6.07) is -0.205. The average Bonchev–Trinajstić information content (AvgIpc) is 2.64. The third-order valence-electron chi connectivity index (χ3n) is 4.00. The van der Waals surface area contributed by atoms with E-state index in [2.05, 4.69) is 10.3 Å². The zero-order valence-corrected chi connectivity index (χ0v) is 12.4. The third-order valence-corrected chi connectivity index (χ3v) is 4.00. The Balaban J connectivity index is 2.32. The van der Waals surface area contributed by atoms with Crippen LogP contribution in [0.3, 0.4) is 0 Å². The van der Waals surface area contributed by atoms with Gasteiger partial charge in [0.15, 0.2) is 0 Å². The predicted octanol–water partition coefficient (Wildman–Crippen LogP) is 0.634. The summed E-state index contributed by atoms with van der Waals surface area (Å²) in [6.07, 6.45) is 4.80. The molecule has 5 N–H and O–H groups in total. The average molecular weight is 296 g/mol. The van der Waals surface area contributed by atoms with Crippen molar-refractivity contribution in [2.75, 3.05) is 11.1 Å². The number of H-pyrrole nitrogens is 1. The molecule has 2 rings (SSSR count). The molecule has 1 aromatic heterocycles. The zero-order chi connectivity index (χ0) is 15.4. The summed E-state index contributed by atoms with van der Waals surface area (Å²) in [7, 11) is 0. The Morgan fingerprint density at radius 2 is 2.05 bits per heavy atom. The third kappa shape index (κ3) is 3.47. The molecule has 1 saturated carbocycles. The van der Waals surface area contributed by atoms with Gasteiger partial charge in [0.1, 0.15) is 11.5 Å². The van der Waals surface area contributed by atoms with Crippen molar-refractivity contribution in [2.45, 2.75) is 64.1 Å². The molecule has 2 atom stereocenters. The van der Waals surface area contributed by atoms with Crippen LogP contribution in [0.15, 0.2) is 9.59 Å². The topological polar surface area (TPSA) is 113 Å². The standard InChI is InChI=1S/C14H24N4O3/c1-2-8-18-12(15)11(13(20)17-14(18)21)16-9-6-4-3-5-7-10(9)19/h9-10,16,19H,2-8,15H2,1H3,(H,17,20,21). The number of hydrogen-bond donors (Lipinski definition) is 4. The van der Waals surface area contributed by atoms with Gasteiger partial charge in [-0.1, -0.05) is 26.2 Å². The number of aliphatic hydroxyl groups is 1. The largest absolute Gasteiger partial charge is 0.391 e. The van der Waals surface area contributed by atoms with Crippen molar-refractivity contribution in [3.63, 3.8) is 0 Å². The van der Waals surface area contributed by atoms with Gasteiger partial charge in [0, 0.05) is 6.54 Å². The van der Waals surface area contributed by atoms with Crippen LogP contribution in [0.1, 0.15) is 45.4 Å². The molecule has 0 saturated heterocycles. The van der Waals surface area contributed by atoms with Gasteiger partial charge >= 0.3 is 5.69 Å². The first-order chi connectivity index (χ1) is 10.0. The van der Waals surface area contributed by atoms with E-state index in [-0.39, 0.29) is 17.5 Å². The molecular weight excluding hydrogens is 272 g/mol. The highest BCUT2D eigenvalue weighted by Gasteiger charge is 2.24. The van der Waals surface area contributed by atoms with Gasteiger partial charge in [-0.2, -0.15) is 0 Å². The van der Waals surface area contributed by atoms with E-state index in [0.29, 0.717) is 13.0 Å². The van der Waals surface area contributed by atoms with Crippen molar-refractivity contribution in [1.82, 2.24) is 9.55 Å². The lowest BCUT2D eigenvalue weighted by molar-refractivity contribution is 0.144. The lowest BCUT2D eigenvalue weighted by atomic mass is 10.1. The number of aromatic amines is 1. The summed E-state index contributed by atoms with van der Waals surface area (Å²) >= 11 is 0. The van der Waals surface area contributed by atoms with Crippen molar-refractivity contribution >= 4 is 11.5 Å². The maximum Gasteiger partial charge on any atom is 0.330 e. The monoisotopic (exact) mass is 296 g/mol. The fraction of sp³-hybridized carbons (Fsp3) is 0.714. The second-order valence-electron chi connectivity index (χ2n) is 5.63. The quantitative estimate of drug-likeness (QED) is 0.609. The Hall–Kier alpha value is -1.76. The van der Waals surface area contributed by atoms with Crippen LogP contribution in [0, 0.1) is 0 Å². The Morgan fingerprint density at radius 1 is 1.33 bits per heavy atom. The van der Waals surface area contributed by atoms with Crippen LogP contribution in [-0.4, -0.2) is 26.8 Å². The van der Waals surface area contributed by atoms with E-state index in [1.165, 1.54) is 4.57 Å². The van der Waals surface area contributed by atoms with Crippen molar-refractivity contribution < 1.29 is 5.11 Å². The maximum atomic E-state index is 12.0. The molecule has 7 heteroatoms. The summed E-state index contributed by atoms with van der Waals surface area (Å²) < 4.78 is 1.35. The number of anilines is 2. The molecule has 1 fully saturated rings. The van der Waals surface area contributed by atoms with Gasteiger partial charge in [-0.3, -0.25) is 14.3 Å². The van der Waals surface area contributed by atoms with Gasteiger partial charge in [-0.15, -0.1) is 0 Å². The number of nitrogens with two attached hydrogens (primary N) is 1. The molecule has 1 aromatic rings. The summed E-state index contributed by atoms with van der Waals surface area (Å²) in [5.41, 5.74) is 5.14. The SMILES string of the molecule is CCCn1c(N)c(NC2CCCCCC2O)c(=O)[nH]c1=O. The smallest absolute Gasteiger partial charge is 0.330 e. The van der Waals surface area contributed by atoms with Crippen molar-refractivity contribution in [1.29, 1.82) is 0 Å². The van der Waals surface area contributed by atoms with E-state index < -0.39 is 17.4 Å². The Bertz CT molecular complexity index is 593. The van der Waals surface area contributed by atoms with E-state index in [1.54, 1.807) is 0 Å². The molecule has 0 aromatic carbocycles. The minimum Gasteiger partial charge on any atom is -0.391 e. The number of nitrogen functional groups attached to an aromatic ring is 1. The maximum absolute atomic E-state index is 12.0. The number of hydrogen-bond acceptors (Lipinski definition) is 5. The van der Waals surface area contributed by atoms with Crippen LogP contribution in [0.4, 0.5) is 11.5 Å². The molecule has 0 spiro atoms. The van der Waals surface area contributed by atoms with Crippen molar-refractivity contribution in [3.8, 4) is 0 Å². The fourth-order valence-corrected chi connectivity index (χ4v) is 2.81. The van der Waals surface area contributed by atoms with Crippen molar-refractivity contribution in [3.05, 3.63) is 20.8 Å². The van der Waals surface area contributed by atoms with E-state index in [4.69, 9.17) is 5.73 Å². The predicted molar refractivity (Wildman–Crippen MR) is 82.5 cm³/mol. The van der Waals surface area contributed by atoms with E-state index in [9.17, 15) is 14.7 Å². The van der Waals surface area contributed by atoms with Crippen LogP contribution in [0.5, 0.6) is 0 Å². The van der Waals surface area contributed by atoms with Gasteiger partial charge in [0.25, 0.3) is 5.56 Å². The highest BCUT2D eigenvalue weighted by atomic mass is 16.3. The molecule has 7 nitrogen and oxygen atoms in total. The molecular formula is C14H24N4O3. The van der Waals surface area contributed by atoms with E-state index >= 15 is 0 Å². The second kappa shape index (κ2) is 6.80. The van der Waals surface area contributed by atoms with Crippen LogP contribution >= 0.6 is 0 Å². The Labute approximate surface area is 123 Å². The molecule has 2 unspecified atom stereocenters. The van der Waals surface area contributed by atoms with Crippen LogP contribution in [0.25, 0.3) is 0 Å². The Kier molecular flexibility index (Phi) is 5.06. The molecule has 0 aliphatic heterocycles. The van der Waals surface area contributed by atoms with E-state index in [0.717, 1.165) is 32.1 Å². The lowest BCUT2D eigenvalue weighted by Gasteiger charge is -2.23. The van der Waals surface area contributed by atoms with E-state index in [1.807, 2.05) is 6.92 Å². The second-order valence-corrected chi connectivity index (χ2v) is 5.63. The van der Waals surface area contributed by atoms with Crippen LogP contribution in [0.2, 0.25) is 0 Å². The first-order valence-electron chi connectivity index (χ1n) is 7.61. The highest BCUT2D eigenvalue weighted by molar-refractivity contribution is 5.61. The number of nitrogens with zero attached hydrogens (tertiary/aromatic N) is 1. The molecule has 0 bridgehead atoms. The lowest BCUT2D eigenvalue weighted by Crippen LogP contribution is -2.39. The minimum atomic E-state index is -0.527. The number of aliphatic hydroxyl groups excluding tert-OH is 1. The summed E-state index contributed by atoms with van der Waals surface area (Å²) in [5, 5.41) is 13.2. The molecule has 21 heavy (non-hydrogen) atoms. The van der Waals surface area contributed by atoms with Gasteiger partial charge in [-0.25, -0.2) is 4.79 Å². The molecule has 1 heterocycles. The van der Waals surface area contributed by atoms with Crippen molar-refractivity contribution in [2.24, 2.45) is 0 Å². The molecule has 1 aliphatic carbocycles. The van der Waals surface area contributed by atoms with Gasteiger partial charge in [0.2, 0.25) is 0 Å². The minimum absolute atomic E-state index is 0.141. The summed E-state index contributed by atoms with van der Waals surface area (Å²) in [6.45, 7) is 2.38. The van der Waals surface area contributed by atoms with Crippen LogP contribution < -0.4 is 22.3 Å². The first-order valence-corrected chi connectivity index (χ1v) is 7.61. The van der Waals surface area contributed by atoms with Gasteiger partial charge < -0.3 is 16.2 Å². The number of aromatic nitrogens is 2. The molecule has 0 amide bonds. The normalized spacial score (nSPS) is 22.8. The Morgan fingerprint density at radius 3 is 2.76 bits per heavy atom. The van der Waals surface area contributed by atoms with Crippen LogP contribution in [-0.2, 0) is 6.54 Å².